The first kappa shape index (κ1) is 10.7. The lowest BCUT2D eigenvalue weighted by Gasteiger charge is -2.08. The van der Waals surface area contributed by atoms with Crippen LogP contribution in [0.3, 0.4) is 0 Å². The van der Waals surface area contributed by atoms with Crippen molar-refractivity contribution in [2.75, 3.05) is 5.32 Å². The predicted octanol–water partition coefficient (Wildman–Crippen LogP) is 4.30. The summed E-state index contributed by atoms with van der Waals surface area (Å²) in [5.41, 5.74) is 4.94. The monoisotopic (exact) mass is 211 g/mol. The van der Waals surface area contributed by atoms with Gasteiger partial charge in [0.25, 0.3) is 0 Å². The van der Waals surface area contributed by atoms with Crippen LogP contribution in [0.25, 0.3) is 0 Å². The molecule has 0 unspecified atom stereocenters. The second-order valence-electron chi connectivity index (χ2n) is 4.05. The Labute approximate surface area is 97.1 Å². The van der Waals surface area contributed by atoms with E-state index in [1.165, 1.54) is 11.1 Å². The third-order valence-electron chi connectivity index (χ3n) is 2.64. The van der Waals surface area contributed by atoms with Crippen molar-refractivity contribution in [3.63, 3.8) is 0 Å². The predicted molar refractivity (Wildman–Crippen MR) is 70.3 cm³/mol. The molecule has 0 saturated heterocycles. The van der Waals surface area contributed by atoms with Crippen LogP contribution >= 0.6 is 0 Å². The molecule has 0 spiro atoms. The van der Waals surface area contributed by atoms with Gasteiger partial charge in [0.1, 0.15) is 0 Å². The molecule has 0 heterocycles. The molecule has 1 nitrogen and oxygen atoms in total. The molecule has 0 amide bonds. The van der Waals surface area contributed by atoms with Crippen molar-refractivity contribution in [3.05, 3.63) is 59.7 Å². The summed E-state index contributed by atoms with van der Waals surface area (Å²) in [6.07, 6.45) is 1.07. The lowest BCUT2D eigenvalue weighted by Crippen LogP contribution is -1.91. The molecule has 0 aliphatic rings. The highest BCUT2D eigenvalue weighted by Crippen LogP contribution is 2.18. The molecule has 2 rings (SSSR count). The Hall–Kier alpha value is -1.76. The van der Waals surface area contributed by atoms with Crippen LogP contribution < -0.4 is 5.32 Å². The smallest absolute Gasteiger partial charge is 0.0386 e. The Bertz CT molecular complexity index is 474. The number of anilines is 2. The maximum Gasteiger partial charge on any atom is 0.0386 e. The van der Waals surface area contributed by atoms with Gasteiger partial charge in [0, 0.05) is 11.4 Å². The molecule has 2 aromatic rings. The molecule has 2 aromatic carbocycles. The molecule has 0 aliphatic heterocycles. The molecular weight excluding hydrogens is 194 g/mol. The highest BCUT2D eigenvalue weighted by Gasteiger charge is 1.96. The Morgan fingerprint density at radius 1 is 0.938 bits per heavy atom. The van der Waals surface area contributed by atoms with Crippen LogP contribution in [-0.4, -0.2) is 0 Å². The second kappa shape index (κ2) is 4.84. The van der Waals surface area contributed by atoms with E-state index in [0.717, 1.165) is 17.8 Å². The number of benzene rings is 2. The SMILES string of the molecule is CCc1cccc(Nc2cccc(C)c2)c1. The van der Waals surface area contributed by atoms with Crippen LogP contribution in [0.4, 0.5) is 11.4 Å². The molecule has 16 heavy (non-hydrogen) atoms. The fourth-order valence-electron chi connectivity index (χ4n) is 1.76. The molecule has 1 N–H and O–H groups in total. The van der Waals surface area contributed by atoms with E-state index in [9.17, 15) is 0 Å². The maximum atomic E-state index is 3.42. The fourth-order valence-corrected chi connectivity index (χ4v) is 1.76. The van der Waals surface area contributed by atoms with Crippen LogP contribution in [0.15, 0.2) is 48.5 Å². The molecule has 0 bridgehead atoms. The highest BCUT2D eigenvalue weighted by atomic mass is 14.9. The zero-order valence-electron chi connectivity index (χ0n) is 9.83. The molecule has 0 fully saturated rings. The van der Waals surface area contributed by atoms with Crippen molar-refractivity contribution in [2.45, 2.75) is 20.3 Å². The summed E-state index contributed by atoms with van der Waals surface area (Å²) >= 11 is 0. The minimum Gasteiger partial charge on any atom is -0.356 e. The van der Waals surface area contributed by atoms with Gasteiger partial charge in [0.05, 0.1) is 0 Å². The van der Waals surface area contributed by atoms with Gasteiger partial charge in [-0.05, 0) is 48.7 Å². The number of aryl methyl sites for hydroxylation is 2. The Morgan fingerprint density at radius 3 is 2.31 bits per heavy atom. The van der Waals surface area contributed by atoms with E-state index in [0.29, 0.717) is 0 Å². The van der Waals surface area contributed by atoms with E-state index in [1.54, 1.807) is 0 Å². The fraction of sp³-hybridized carbons (Fsp3) is 0.200. The Morgan fingerprint density at radius 2 is 1.62 bits per heavy atom. The second-order valence-corrected chi connectivity index (χ2v) is 4.05. The first-order chi connectivity index (χ1) is 7.78. The summed E-state index contributed by atoms with van der Waals surface area (Å²) < 4.78 is 0. The normalized spacial score (nSPS) is 10.1. The van der Waals surface area contributed by atoms with E-state index in [1.807, 2.05) is 0 Å². The molecule has 0 aliphatic carbocycles. The van der Waals surface area contributed by atoms with Gasteiger partial charge in [-0.3, -0.25) is 0 Å². The van der Waals surface area contributed by atoms with Crippen molar-refractivity contribution >= 4 is 11.4 Å². The highest BCUT2D eigenvalue weighted by molar-refractivity contribution is 5.60. The number of hydrogen-bond acceptors (Lipinski definition) is 1. The van der Waals surface area contributed by atoms with E-state index in [4.69, 9.17) is 0 Å². The van der Waals surface area contributed by atoms with Gasteiger partial charge in [-0.25, -0.2) is 0 Å². The summed E-state index contributed by atoms with van der Waals surface area (Å²) in [6.45, 7) is 4.28. The average molecular weight is 211 g/mol. The van der Waals surface area contributed by atoms with Crippen LogP contribution in [0.5, 0.6) is 0 Å². The molecule has 1 heteroatoms. The van der Waals surface area contributed by atoms with Crippen LogP contribution in [0, 0.1) is 6.92 Å². The van der Waals surface area contributed by atoms with Gasteiger partial charge < -0.3 is 5.32 Å². The summed E-state index contributed by atoms with van der Waals surface area (Å²) in [7, 11) is 0. The van der Waals surface area contributed by atoms with E-state index in [2.05, 4.69) is 67.7 Å². The van der Waals surface area contributed by atoms with Gasteiger partial charge in [0.15, 0.2) is 0 Å². The topological polar surface area (TPSA) is 12.0 Å². The van der Waals surface area contributed by atoms with Crippen LogP contribution in [0.2, 0.25) is 0 Å². The molecule has 0 saturated carbocycles. The van der Waals surface area contributed by atoms with E-state index >= 15 is 0 Å². The number of hydrogen-bond donors (Lipinski definition) is 1. The first-order valence-corrected chi connectivity index (χ1v) is 5.70. The average Bonchev–Trinajstić information content (AvgIpc) is 2.29. The van der Waals surface area contributed by atoms with Gasteiger partial charge in [-0.2, -0.15) is 0 Å². The summed E-state index contributed by atoms with van der Waals surface area (Å²) in [4.78, 5) is 0. The van der Waals surface area contributed by atoms with E-state index < -0.39 is 0 Å². The standard InChI is InChI=1S/C15H17N/c1-3-13-7-5-9-15(11-13)16-14-8-4-6-12(2)10-14/h4-11,16H,3H2,1-2H3. The lowest BCUT2D eigenvalue weighted by atomic mass is 10.1. The van der Waals surface area contributed by atoms with Crippen molar-refractivity contribution in [1.82, 2.24) is 0 Å². The molecule has 0 atom stereocenters. The van der Waals surface area contributed by atoms with Crippen LogP contribution in [0.1, 0.15) is 18.1 Å². The largest absolute Gasteiger partial charge is 0.356 e. The summed E-state index contributed by atoms with van der Waals surface area (Å²) in [5, 5.41) is 3.42. The Balaban J connectivity index is 2.20. The van der Waals surface area contributed by atoms with Gasteiger partial charge in [-0.15, -0.1) is 0 Å². The van der Waals surface area contributed by atoms with Crippen molar-refractivity contribution in [3.8, 4) is 0 Å². The van der Waals surface area contributed by atoms with Crippen molar-refractivity contribution in [2.24, 2.45) is 0 Å². The number of nitrogens with one attached hydrogen (secondary N) is 1. The van der Waals surface area contributed by atoms with Gasteiger partial charge in [0.2, 0.25) is 0 Å². The third-order valence-corrected chi connectivity index (χ3v) is 2.64. The van der Waals surface area contributed by atoms with E-state index in [-0.39, 0.29) is 0 Å². The number of rotatable bonds is 3. The maximum absolute atomic E-state index is 3.42. The summed E-state index contributed by atoms with van der Waals surface area (Å²) in [5.74, 6) is 0. The molecular formula is C15H17N. The first-order valence-electron chi connectivity index (χ1n) is 5.70. The zero-order chi connectivity index (χ0) is 11.4. The molecule has 0 radical (unpaired) electrons. The zero-order valence-corrected chi connectivity index (χ0v) is 9.83. The Kier molecular flexibility index (Phi) is 3.25. The molecule has 0 aromatic heterocycles. The van der Waals surface area contributed by atoms with Crippen molar-refractivity contribution < 1.29 is 0 Å². The van der Waals surface area contributed by atoms with Gasteiger partial charge >= 0.3 is 0 Å². The minimum atomic E-state index is 1.07. The summed E-state index contributed by atoms with van der Waals surface area (Å²) in [6, 6.07) is 17.0. The lowest BCUT2D eigenvalue weighted by molar-refractivity contribution is 1.14. The van der Waals surface area contributed by atoms with Crippen molar-refractivity contribution in [1.29, 1.82) is 0 Å². The molecule has 82 valence electrons. The van der Waals surface area contributed by atoms with Crippen LogP contribution in [-0.2, 0) is 6.42 Å². The quantitative estimate of drug-likeness (QED) is 0.798. The van der Waals surface area contributed by atoms with Gasteiger partial charge in [-0.1, -0.05) is 31.2 Å². The third kappa shape index (κ3) is 2.63. The minimum absolute atomic E-state index is 1.07.